The molecule has 0 unspecified atom stereocenters. The molecule has 4 nitrogen and oxygen atoms in total. The van der Waals surface area contributed by atoms with Crippen LogP contribution in [0.2, 0.25) is 0 Å². The van der Waals surface area contributed by atoms with E-state index < -0.39 is 0 Å². The number of ketones is 2. The Hall–Kier alpha value is -2.10. The number of hydrogen-bond donors (Lipinski definition) is 1. The SMILES string of the molecule is COc1cc(C=CC(=O)CC(=O)C2CC2)ccc1O. The first kappa shape index (κ1) is 13.3. The van der Waals surface area contributed by atoms with E-state index in [-0.39, 0.29) is 29.7 Å². The minimum atomic E-state index is -0.191. The Morgan fingerprint density at radius 1 is 1.42 bits per heavy atom. The first-order chi connectivity index (χ1) is 9.10. The molecule has 4 heteroatoms. The molecular weight excluding hydrogens is 244 g/mol. The van der Waals surface area contributed by atoms with Crippen LogP contribution < -0.4 is 4.74 Å². The molecule has 0 heterocycles. The van der Waals surface area contributed by atoms with Gasteiger partial charge in [-0.05, 0) is 36.6 Å². The van der Waals surface area contributed by atoms with E-state index >= 15 is 0 Å². The molecular formula is C15H16O4. The van der Waals surface area contributed by atoms with Gasteiger partial charge in [-0.25, -0.2) is 0 Å². The second-order valence-electron chi connectivity index (χ2n) is 4.65. The molecule has 2 rings (SSSR count). The zero-order valence-electron chi connectivity index (χ0n) is 10.8. The lowest BCUT2D eigenvalue weighted by Gasteiger charge is -2.03. The summed E-state index contributed by atoms with van der Waals surface area (Å²) in [4.78, 5) is 23.1. The van der Waals surface area contributed by atoms with Crippen molar-refractivity contribution in [1.29, 1.82) is 0 Å². The van der Waals surface area contributed by atoms with E-state index in [1.54, 1.807) is 18.2 Å². The third-order valence-electron chi connectivity index (χ3n) is 3.05. The first-order valence-corrected chi connectivity index (χ1v) is 6.21. The summed E-state index contributed by atoms with van der Waals surface area (Å²) in [5.41, 5.74) is 0.738. The minimum Gasteiger partial charge on any atom is -0.504 e. The number of aromatic hydroxyl groups is 1. The van der Waals surface area contributed by atoms with Gasteiger partial charge in [0.05, 0.1) is 13.5 Å². The maximum absolute atomic E-state index is 11.6. The second kappa shape index (κ2) is 5.69. The molecule has 1 aromatic rings. The Balaban J connectivity index is 1.97. The highest BCUT2D eigenvalue weighted by Gasteiger charge is 2.29. The number of methoxy groups -OCH3 is 1. The smallest absolute Gasteiger partial charge is 0.163 e. The minimum absolute atomic E-state index is 0.0175. The highest BCUT2D eigenvalue weighted by molar-refractivity contribution is 6.07. The summed E-state index contributed by atoms with van der Waals surface area (Å²) in [5, 5.41) is 9.44. The maximum Gasteiger partial charge on any atom is 0.163 e. The van der Waals surface area contributed by atoms with E-state index in [4.69, 9.17) is 4.74 Å². The number of rotatable bonds is 6. The lowest BCUT2D eigenvalue weighted by atomic mass is 10.1. The number of carbonyl (C=O) groups excluding carboxylic acids is 2. The van der Waals surface area contributed by atoms with Crippen LogP contribution in [-0.2, 0) is 9.59 Å². The number of phenolic OH excluding ortho intramolecular Hbond substituents is 1. The van der Waals surface area contributed by atoms with E-state index in [1.807, 2.05) is 0 Å². The number of allylic oxidation sites excluding steroid dienone is 1. The molecule has 0 amide bonds. The van der Waals surface area contributed by atoms with Gasteiger partial charge >= 0.3 is 0 Å². The fraction of sp³-hybridized carbons (Fsp3) is 0.333. The molecule has 1 fully saturated rings. The van der Waals surface area contributed by atoms with Gasteiger partial charge in [0.25, 0.3) is 0 Å². The topological polar surface area (TPSA) is 63.6 Å². The van der Waals surface area contributed by atoms with Crippen molar-refractivity contribution in [2.45, 2.75) is 19.3 Å². The molecule has 1 aromatic carbocycles. The predicted octanol–water partition coefficient (Wildman–Crippen LogP) is 2.35. The van der Waals surface area contributed by atoms with Crippen LogP contribution in [0.5, 0.6) is 11.5 Å². The van der Waals surface area contributed by atoms with Crippen LogP contribution >= 0.6 is 0 Å². The molecule has 0 atom stereocenters. The maximum atomic E-state index is 11.6. The monoisotopic (exact) mass is 260 g/mol. The fourth-order valence-electron chi connectivity index (χ4n) is 1.77. The molecule has 1 aliphatic carbocycles. The lowest BCUT2D eigenvalue weighted by Crippen LogP contribution is -2.06. The van der Waals surface area contributed by atoms with Gasteiger partial charge in [0.15, 0.2) is 17.3 Å². The quantitative estimate of drug-likeness (QED) is 0.630. The molecule has 0 saturated heterocycles. The Morgan fingerprint density at radius 2 is 2.16 bits per heavy atom. The summed E-state index contributed by atoms with van der Waals surface area (Å²) in [6, 6.07) is 4.80. The molecule has 0 spiro atoms. The summed E-state index contributed by atoms with van der Waals surface area (Å²) in [5.74, 6) is 0.367. The third-order valence-corrected chi connectivity index (χ3v) is 3.05. The number of benzene rings is 1. The third kappa shape index (κ3) is 3.68. The number of hydrogen-bond acceptors (Lipinski definition) is 4. The van der Waals surface area contributed by atoms with Crippen molar-refractivity contribution < 1.29 is 19.4 Å². The molecule has 0 radical (unpaired) electrons. The Bertz CT molecular complexity index is 527. The zero-order valence-corrected chi connectivity index (χ0v) is 10.8. The molecule has 1 N–H and O–H groups in total. The Morgan fingerprint density at radius 3 is 2.79 bits per heavy atom. The number of Topliss-reactive ketones (excluding diaryl/α,β-unsaturated/α-hetero) is 1. The van der Waals surface area contributed by atoms with Gasteiger partial charge in [-0.2, -0.15) is 0 Å². The van der Waals surface area contributed by atoms with E-state index in [0.29, 0.717) is 5.75 Å². The van der Waals surface area contributed by atoms with Crippen molar-refractivity contribution in [3.05, 3.63) is 29.8 Å². The van der Waals surface area contributed by atoms with Crippen molar-refractivity contribution in [2.24, 2.45) is 5.92 Å². The van der Waals surface area contributed by atoms with Crippen LogP contribution in [0, 0.1) is 5.92 Å². The Kier molecular flexibility index (Phi) is 4.00. The van der Waals surface area contributed by atoms with E-state index in [0.717, 1.165) is 18.4 Å². The number of phenols is 1. The van der Waals surface area contributed by atoms with Crippen molar-refractivity contribution in [1.82, 2.24) is 0 Å². The van der Waals surface area contributed by atoms with Gasteiger partial charge in [-0.1, -0.05) is 12.1 Å². The van der Waals surface area contributed by atoms with E-state index in [9.17, 15) is 14.7 Å². The summed E-state index contributed by atoms with van der Waals surface area (Å²) < 4.78 is 4.97. The van der Waals surface area contributed by atoms with E-state index in [1.165, 1.54) is 19.3 Å². The molecule has 19 heavy (non-hydrogen) atoms. The van der Waals surface area contributed by atoms with Gasteiger partial charge < -0.3 is 9.84 Å². The summed E-state index contributed by atoms with van der Waals surface area (Å²) in [7, 11) is 1.46. The van der Waals surface area contributed by atoms with Gasteiger partial charge in [0.2, 0.25) is 0 Å². The predicted molar refractivity (Wildman–Crippen MR) is 71.0 cm³/mol. The highest BCUT2D eigenvalue weighted by Crippen LogP contribution is 2.31. The standard InChI is InChI=1S/C15H16O4/c1-19-15-8-10(3-7-13(15)17)2-6-12(16)9-14(18)11-4-5-11/h2-3,6-8,11,17H,4-5,9H2,1H3. The van der Waals surface area contributed by atoms with E-state index in [2.05, 4.69) is 0 Å². The van der Waals surface area contributed by atoms with Crippen molar-refractivity contribution in [2.75, 3.05) is 7.11 Å². The summed E-state index contributed by atoms with van der Waals surface area (Å²) in [6.45, 7) is 0. The number of ether oxygens (including phenoxy) is 1. The average Bonchev–Trinajstić information content (AvgIpc) is 3.22. The van der Waals surface area contributed by atoms with Crippen LogP contribution in [0.4, 0.5) is 0 Å². The number of carbonyl (C=O) groups is 2. The molecule has 1 saturated carbocycles. The molecule has 100 valence electrons. The van der Waals surface area contributed by atoms with Crippen molar-refractivity contribution >= 4 is 17.6 Å². The Labute approximate surface area is 111 Å². The van der Waals surface area contributed by atoms with Crippen LogP contribution in [-0.4, -0.2) is 23.8 Å². The molecule has 0 bridgehead atoms. The summed E-state index contributed by atoms with van der Waals surface area (Å²) >= 11 is 0. The second-order valence-corrected chi connectivity index (χ2v) is 4.65. The van der Waals surface area contributed by atoms with Crippen molar-refractivity contribution in [3.63, 3.8) is 0 Å². The average molecular weight is 260 g/mol. The van der Waals surface area contributed by atoms with Crippen LogP contribution in [0.25, 0.3) is 6.08 Å². The largest absolute Gasteiger partial charge is 0.504 e. The fourth-order valence-corrected chi connectivity index (χ4v) is 1.77. The van der Waals surface area contributed by atoms with Crippen molar-refractivity contribution in [3.8, 4) is 11.5 Å². The lowest BCUT2D eigenvalue weighted by molar-refractivity contribution is -0.125. The summed E-state index contributed by atoms with van der Waals surface area (Å²) in [6.07, 6.45) is 4.84. The van der Waals surface area contributed by atoms with Crippen LogP contribution in [0.15, 0.2) is 24.3 Å². The van der Waals surface area contributed by atoms with Crippen LogP contribution in [0.1, 0.15) is 24.8 Å². The van der Waals surface area contributed by atoms with Gasteiger partial charge in [0.1, 0.15) is 5.78 Å². The van der Waals surface area contributed by atoms with Gasteiger partial charge in [-0.15, -0.1) is 0 Å². The van der Waals surface area contributed by atoms with Crippen LogP contribution in [0.3, 0.4) is 0 Å². The normalized spacial score (nSPS) is 14.6. The molecule has 0 aliphatic heterocycles. The highest BCUT2D eigenvalue weighted by atomic mass is 16.5. The molecule has 0 aromatic heterocycles. The zero-order chi connectivity index (χ0) is 13.8. The first-order valence-electron chi connectivity index (χ1n) is 6.21. The molecule has 1 aliphatic rings. The van der Waals surface area contributed by atoms with Gasteiger partial charge in [0, 0.05) is 5.92 Å². The van der Waals surface area contributed by atoms with Gasteiger partial charge in [-0.3, -0.25) is 9.59 Å².